The van der Waals surface area contributed by atoms with Gasteiger partial charge in [-0.25, -0.2) is 8.42 Å². The van der Waals surface area contributed by atoms with Gasteiger partial charge in [0.15, 0.2) is 0 Å². The Morgan fingerprint density at radius 1 is 1.05 bits per heavy atom. The Bertz CT molecular complexity index is 812. The fourth-order valence-electron chi connectivity index (χ4n) is 3.01. The molecule has 0 aromatic heterocycles. The van der Waals surface area contributed by atoms with Gasteiger partial charge in [-0.05, 0) is 68.5 Å². The molecule has 0 spiro atoms. The van der Waals surface area contributed by atoms with E-state index in [1.807, 2.05) is 51.1 Å². The van der Waals surface area contributed by atoms with Crippen LogP contribution in [0.2, 0.25) is 0 Å². The van der Waals surface area contributed by atoms with Gasteiger partial charge in [0, 0.05) is 6.04 Å². The van der Waals surface area contributed by atoms with E-state index in [9.17, 15) is 8.42 Å². The lowest BCUT2D eigenvalue weighted by molar-refractivity contribution is 0.563. The molecule has 4 heteroatoms. The van der Waals surface area contributed by atoms with Crippen LogP contribution < -0.4 is 4.31 Å². The number of fused-ring (bicyclic) bond motifs is 1. The van der Waals surface area contributed by atoms with Gasteiger partial charge in [-0.15, -0.1) is 0 Å². The third-order valence-electron chi connectivity index (χ3n) is 4.50. The summed E-state index contributed by atoms with van der Waals surface area (Å²) < 4.78 is 27.9. The number of hydrogen-bond donors (Lipinski definition) is 0. The van der Waals surface area contributed by atoms with Gasteiger partial charge in [0.1, 0.15) is 0 Å². The van der Waals surface area contributed by atoms with Crippen molar-refractivity contribution in [3.63, 3.8) is 0 Å². The molecule has 116 valence electrons. The molecule has 0 radical (unpaired) electrons. The minimum atomic E-state index is -3.53. The van der Waals surface area contributed by atoms with E-state index in [0.29, 0.717) is 4.90 Å². The molecule has 1 aliphatic rings. The first-order chi connectivity index (χ1) is 10.4. The van der Waals surface area contributed by atoms with Gasteiger partial charge >= 0.3 is 0 Å². The normalized spacial score (nSPS) is 18.1. The molecular weight excluding hydrogens is 294 g/mol. The molecule has 0 unspecified atom stereocenters. The van der Waals surface area contributed by atoms with Crippen LogP contribution in [-0.4, -0.2) is 14.5 Å². The third-order valence-corrected chi connectivity index (χ3v) is 6.42. The summed E-state index contributed by atoms with van der Waals surface area (Å²) in [4.78, 5) is 0.374. The molecule has 0 bridgehead atoms. The predicted molar refractivity (Wildman–Crippen MR) is 89.8 cm³/mol. The largest absolute Gasteiger partial charge is 0.264 e. The van der Waals surface area contributed by atoms with Gasteiger partial charge < -0.3 is 0 Å². The summed E-state index contributed by atoms with van der Waals surface area (Å²) in [6, 6.07) is 13.1. The number of para-hydroxylation sites is 1. The van der Waals surface area contributed by atoms with Crippen molar-refractivity contribution in [2.24, 2.45) is 0 Å². The molecule has 1 atom stereocenters. The van der Waals surface area contributed by atoms with Gasteiger partial charge in [-0.3, -0.25) is 4.31 Å². The summed E-state index contributed by atoms with van der Waals surface area (Å²) in [6.07, 6.45) is 1.78. The maximum absolute atomic E-state index is 13.1. The van der Waals surface area contributed by atoms with E-state index in [-0.39, 0.29) is 6.04 Å². The van der Waals surface area contributed by atoms with Crippen molar-refractivity contribution in [1.29, 1.82) is 0 Å². The van der Waals surface area contributed by atoms with E-state index >= 15 is 0 Å². The van der Waals surface area contributed by atoms with Crippen LogP contribution in [0.3, 0.4) is 0 Å². The van der Waals surface area contributed by atoms with Crippen LogP contribution in [-0.2, 0) is 16.4 Å². The maximum Gasteiger partial charge on any atom is 0.264 e. The highest BCUT2D eigenvalue weighted by Gasteiger charge is 2.33. The second-order valence-corrected chi connectivity index (χ2v) is 7.88. The molecule has 3 rings (SSSR count). The van der Waals surface area contributed by atoms with Gasteiger partial charge in [-0.2, -0.15) is 0 Å². The van der Waals surface area contributed by atoms with Crippen LogP contribution in [0.4, 0.5) is 5.69 Å². The van der Waals surface area contributed by atoms with Gasteiger partial charge in [0.2, 0.25) is 0 Å². The molecule has 0 amide bonds. The first kappa shape index (κ1) is 15.1. The smallest absolute Gasteiger partial charge is 0.263 e. The number of hydrogen-bond acceptors (Lipinski definition) is 2. The summed E-state index contributed by atoms with van der Waals surface area (Å²) in [5, 5.41) is 0. The van der Waals surface area contributed by atoms with E-state index in [1.54, 1.807) is 16.4 Å². The van der Waals surface area contributed by atoms with E-state index in [2.05, 4.69) is 0 Å². The Morgan fingerprint density at radius 3 is 2.50 bits per heavy atom. The minimum Gasteiger partial charge on any atom is -0.263 e. The highest BCUT2D eigenvalue weighted by molar-refractivity contribution is 7.92. The molecule has 0 N–H and O–H groups in total. The predicted octanol–water partition coefficient (Wildman–Crippen LogP) is 3.83. The van der Waals surface area contributed by atoms with E-state index in [1.165, 1.54) is 0 Å². The second kappa shape index (κ2) is 5.43. The van der Waals surface area contributed by atoms with Crippen LogP contribution in [0.25, 0.3) is 0 Å². The highest BCUT2D eigenvalue weighted by Crippen LogP contribution is 2.35. The fourth-order valence-corrected chi connectivity index (χ4v) is 4.82. The summed E-state index contributed by atoms with van der Waals surface area (Å²) >= 11 is 0. The van der Waals surface area contributed by atoms with Crippen LogP contribution in [0.1, 0.15) is 30.0 Å². The van der Waals surface area contributed by atoms with Crippen molar-refractivity contribution in [3.05, 3.63) is 59.2 Å². The highest BCUT2D eigenvalue weighted by atomic mass is 32.2. The third kappa shape index (κ3) is 2.41. The van der Waals surface area contributed by atoms with Crippen molar-refractivity contribution in [1.82, 2.24) is 0 Å². The summed E-state index contributed by atoms with van der Waals surface area (Å²) in [7, 11) is -3.53. The van der Waals surface area contributed by atoms with Crippen LogP contribution in [0.5, 0.6) is 0 Å². The Hall–Kier alpha value is -1.81. The topological polar surface area (TPSA) is 37.4 Å². The maximum atomic E-state index is 13.1. The van der Waals surface area contributed by atoms with Crippen LogP contribution >= 0.6 is 0 Å². The molecule has 1 heterocycles. The quantitative estimate of drug-likeness (QED) is 0.844. The molecule has 3 nitrogen and oxygen atoms in total. The average molecular weight is 315 g/mol. The molecular formula is C18H21NO2S. The molecule has 0 saturated heterocycles. The molecule has 0 fully saturated rings. The Morgan fingerprint density at radius 2 is 1.77 bits per heavy atom. The van der Waals surface area contributed by atoms with Crippen LogP contribution in [0.15, 0.2) is 47.4 Å². The number of rotatable bonds is 2. The molecule has 2 aromatic rings. The first-order valence-corrected chi connectivity index (χ1v) is 9.05. The summed E-state index contributed by atoms with van der Waals surface area (Å²) in [6.45, 7) is 5.92. The monoisotopic (exact) mass is 315 g/mol. The summed E-state index contributed by atoms with van der Waals surface area (Å²) in [5.74, 6) is 0. The van der Waals surface area contributed by atoms with Crippen molar-refractivity contribution in [3.8, 4) is 0 Å². The first-order valence-electron chi connectivity index (χ1n) is 7.61. The zero-order valence-corrected chi connectivity index (χ0v) is 14.0. The lowest BCUT2D eigenvalue weighted by atomic mass is 9.99. The molecule has 22 heavy (non-hydrogen) atoms. The zero-order chi connectivity index (χ0) is 15.9. The molecule has 2 aromatic carbocycles. The van der Waals surface area contributed by atoms with Crippen molar-refractivity contribution in [2.75, 3.05) is 4.31 Å². The Balaban J connectivity index is 2.14. The molecule has 0 aliphatic carbocycles. The Labute approximate surface area is 132 Å². The second-order valence-electron chi connectivity index (χ2n) is 6.06. The number of sulfonamides is 1. The number of aryl methyl sites for hydroxylation is 3. The number of nitrogens with zero attached hydrogens (tertiary/aromatic N) is 1. The average Bonchev–Trinajstić information content (AvgIpc) is 2.49. The lowest BCUT2D eigenvalue weighted by Gasteiger charge is -2.36. The number of anilines is 1. The minimum absolute atomic E-state index is 0.0264. The van der Waals surface area contributed by atoms with Crippen molar-refractivity contribution >= 4 is 15.7 Å². The van der Waals surface area contributed by atoms with Crippen molar-refractivity contribution in [2.45, 2.75) is 44.6 Å². The lowest BCUT2D eigenvalue weighted by Crippen LogP contribution is -2.42. The van der Waals surface area contributed by atoms with E-state index in [4.69, 9.17) is 0 Å². The van der Waals surface area contributed by atoms with Gasteiger partial charge in [-0.1, -0.05) is 24.3 Å². The van der Waals surface area contributed by atoms with Crippen LogP contribution in [0, 0.1) is 13.8 Å². The van der Waals surface area contributed by atoms with Crippen molar-refractivity contribution < 1.29 is 8.42 Å². The number of benzene rings is 2. The van der Waals surface area contributed by atoms with Gasteiger partial charge in [0.25, 0.3) is 10.0 Å². The molecule has 1 aliphatic heterocycles. The van der Waals surface area contributed by atoms with E-state index in [0.717, 1.165) is 35.2 Å². The van der Waals surface area contributed by atoms with E-state index < -0.39 is 10.0 Å². The standard InChI is InChI=1S/C18H21NO2S/c1-13-8-11-17(12-14(13)2)22(20,21)19-15(3)9-10-16-6-4-5-7-18(16)19/h4-8,11-12,15H,9-10H2,1-3H3/t15-/m1/s1. The SMILES string of the molecule is Cc1ccc(S(=O)(=O)N2c3ccccc3CC[C@H]2C)cc1C. The zero-order valence-electron chi connectivity index (χ0n) is 13.2. The molecule has 0 saturated carbocycles. The summed E-state index contributed by atoms with van der Waals surface area (Å²) in [5.41, 5.74) is 4.03. The Kier molecular flexibility index (Phi) is 3.73. The van der Waals surface area contributed by atoms with Gasteiger partial charge in [0.05, 0.1) is 10.6 Å². The fraction of sp³-hybridized carbons (Fsp3) is 0.333.